The lowest BCUT2D eigenvalue weighted by atomic mass is 9.94. The Hall–Kier alpha value is -2.36. The van der Waals surface area contributed by atoms with Crippen molar-refractivity contribution in [2.24, 2.45) is 11.8 Å². The maximum atomic E-state index is 12.9. The van der Waals surface area contributed by atoms with E-state index in [2.05, 4.69) is 35.0 Å². The summed E-state index contributed by atoms with van der Waals surface area (Å²) >= 11 is 5.99. The highest BCUT2D eigenvalue weighted by Crippen LogP contribution is 2.26. The first-order chi connectivity index (χ1) is 13.8. The van der Waals surface area contributed by atoms with Crippen LogP contribution in [0.5, 0.6) is 0 Å². The molecule has 1 aromatic heterocycles. The third-order valence-electron chi connectivity index (χ3n) is 4.64. The molecule has 1 aliphatic rings. The van der Waals surface area contributed by atoms with Gasteiger partial charge in [-0.15, -0.1) is 0 Å². The molecular formula is C19H24ClN5O3S. The Balaban J connectivity index is 1.60. The van der Waals surface area contributed by atoms with Gasteiger partial charge in [-0.25, -0.2) is 18.2 Å². The van der Waals surface area contributed by atoms with Crippen molar-refractivity contribution in [3.05, 3.63) is 47.6 Å². The predicted octanol–water partition coefficient (Wildman–Crippen LogP) is 3.55. The van der Waals surface area contributed by atoms with Crippen LogP contribution in [0.4, 0.5) is 16.3 Å². The zero-order chi connectivity index (χ0) is 21.0. The number of benzene rings is 1. The largest absolute Gasteiger partial charge is 0.337 e. The van der Waals surface area contributed by atoms with E-state index < -0.39 is 16.1 Å². The predicted molar refractivity (Wildman–Crippen MR) is 113 cm³/mol. The maximum Gasteiger partial charge on any atom is 0.337 e. The second kappa shape index (κ2) is 8.98. The minimum absolute atomic E-state index is 0.130. The third-order valence-corrected chi connectivity index (χ3v) is 6.78. The summed E-state index contributed by atoms with van der Waals surface area (Å²) in [5.41, 5.74) is 5.52. The number of hydrogen-bond acceptors (Lipinski definition) is 5. The second-order valence-electron chi connectivity index (χ2n) is 7.33. The fourth-order valence-electron chi connectivity index (χ4n) is 3.39. The van der Waals surface area contributed by atoms with Gasteiger partial charge in [-0.05, 0) is 42.5 Å². The number of amides is 2. The molecular weight excluding hydrogens is 414 g/mol. The lowest BCUT2D eigenvalue weighted by Gasteiger charge is -2.33. The SMILES string of the molecule is CC1CC(C)CN(S(=O)(=O)c2ccc(NNC(=O)Nc3ccccc3Cl)nc2)C1. The Morgan fingerprint density at radius 2 is 1.83 bits per heavy atom. The van der Waals surface area contributed by atoms with Crippen molar-refractivity contribution in [1.29, 1.82) is 0 Å². The van der Waals surface area contributed by atoms with Gasteiger partial charge in [0, 0.05) is 19.3 Å². The number of hydrazine groups is 1. The smallest absolute Gasteiger partial charge is 0.305 e. The Morgan fingerprint density at radius 3 is 2.45 bits per heavy atom. The van der Waals surface area contributed by atoms with E-state index in [1.165, 1.54) is 22.6 Å². The van der Waals surface area contributed by atoms with Gasteiger partial charge in [0.05, 0.1) is 10.7 Å². The topological polar surface area (TPSA) is 103 Å². The number of urea groups is 1. The molecule has 3 N–H and O–H groups in total. The molecule has 1 aromatic carbocycles. The number of aromatic nitrogens is 1. The Bertz CT molecular complexity index is 958. The number of nitrogens with zero attached hydrogens (tertiary/aromatic N) is 2. The summed E-state index contributed by atoms with van der Waals surface area (Å²) in [6.45, 7) is 5.14. The van der Waals surface area contributed by atoms with Crippen LogP contribution in [0.25, 0.3) is 0 Å². The number of pyridine rings is 1. The molecule has 3 rings (SSSR count). The van der Waals surface area contributed by atoms with E-state index in [0.29, 0.717) is 41.5 Å². The molecule has 1 saturated heterocycles. The van der Waals surface area contributed by atoms with Gasteiger partial charge in [-0.3, -0.25) is 10.9 Å². The van der Waals surface area contributed by atoms with Crippen molar-refractivity contribution in [3.8, 4) is 0 Å². The molecule has 0 aliphatic carbocycles. The van der Waals surface area contributed by atoms with Crippen LogP contribution in [0.1, 0.15) is 20.3 Å². The van der Waals surface area contributed by atoms with Crippen LogP contribution >= 0.6 is 11.6 Å². The van der Waals surface area contributed by atoms with Crippen LogP contribution in [0.15, 0.2) is 47.5 Å². The maximum absolute atomic E-state index is 12.9. The van der Waals surface area contributed by atoms with Crippen LogP contribution < -0.4 is 16.2 Å². The summed E-state index contributed by atoms with van der Waals surface area (Å²) in [6, 6.07) is 9.28. The molecule has 0 saturated carbocycles. The second-order valence-corrected chi connectivity index (χ2v) is 9.68. The number of nitrogens with one attached hydrogen (secondary N) is 3. The van der Waals surface area contributed by atoms with Gasteiger partial charge in [0.2, 0.25) is 10.0 Å². The molecule has 0 radical (unpaired) electrons. The lowest BCUT2D eigenvalue weighted by molar-refractivity contribution is 0.222. The molecule has 2 amide bonds. The van der Waals surface area contributed by atoms with Gasteiger partial charge >= 0.3 is 6.03 Å². The molecule has 1 aliphatic heterocycles. The average molecular weight is 438 g/mol. The zero-order valence-electron chi connectivity index (χ0n) is 16.2. The van der Waals surface area contributed by atoms with Gasteiger partial charge in [0.1, 0.15) is 10.7 Å². The van der Waals surface area contributed by atoms with Gasteiger partial charge in [-0.1, -0.05) is 37.6 Å². The first-order valence-electron chi connectivity index (χ1n) is 9.29. The zero-order valence-corrected chi connectivity index (χ0v) is 17.8. The minimum atomic E-state index is -3.59. The van der Waals surface area contributed by atoms with Crippen LogP contribution in [0.2, 0.25) is 5.02 Å². The molecule has 29 heavy (non-hydrogen) atoms. The fourth-order valence-corrected chi connectivity index (χ4v) is 5.20. The monoisotopic (exact) mass is 437 g/mol. The lowest BCUT2D eigenvalue weighted by Crippen LogP contribution is -2.42. The third kappa shape index (κ3) is 5.37. The standard InChI is InChI=1S/C19H24ClN5O3S/c1-13-9-14(2)12-25(11-13)29(27,28)15-7-8-18(21-10-15)23-24-19(26)22-17-6-4-3-5-16(17)20/h3-8,10,13-14H,9,11-12H2,1-2H3,(H,21,23)(H2,22,24,26). The number of hydrogen-bond donors (Lipinski definition) is 3. The average Bonchev–Trinajstić information content (AvgIpc) is 2.68. The molecule has 0 spiro atoms. The molecule has 2 atom stereocenters. The van der Waals surface area contributed by atoms with Gasteiger partial charge < -0.3 is 5.32 Å². The van der Waals surface area contributed by atoms with Gasteiger partial charge in [-0.2, -0.15) is 4.31 Å². The molecule has 156 valence electrons. The van der Waals surface area contributed by atoms with E-state index in [1.54, 1.807) is 24.3 Å². The normalized spacial score (nSPS) is 20.1. The highest BCUT2D eigenvalue weighted by atomic mass is 35.5. The first kappa shape index (κ1) is 21.4. The number of halogens is 1. The van der Waals surface area contributed by atoms with E-state index in [9.17, 15) is 13.2 Å². The molecule has 10 heteroatoms. The number of carbonyl (C=O) groups excluding carboxylic acids is 1. The summed E-state index contributed by atoms with van der Waals surface area (Å²) in [5, 5.41) is 3.01. The summed E-state index contributed by atoms with van der Waals surface area (Å²) in [4.78, 5) is 16.2. The summed E-state index contributed by atoms with van der Waals surface area (Å²) in [6.07, 6.45) is 2.31. The van der Waals surface area contributed by atoms with Crippen molar-refractivity contribution < 1.29 is 13.2 Å². The summed E-state index contributed by atoms with van der Waals surface area (Å²) < 4.78 is 27.2. The van der Waals surface area contributed by atoms with Crippen molar-refractivity contribution >= 4 is 39.2 Å². The van der Waals surface area contributed by atoms with E-state index in [-0.39, 0.29) is 4.90 Å². The molecule has 2 aromatic rings. The number of rotatable bonds is 5. The van der Waals surface area contributed by atoms with Crippen molar-refractivity contribution in [2.75, 3.05) is 23.8 Å². The van der Waals surface area contributed by atoms with Crippen LogP contribution in [-0.2, 0) is 10.0 Å². The van der Waals surface area contributed by atoms with Crippen molar-refractivity contribution in [3.63, 3.8) is 0 Å². The van der Waals surface area contributed by atoms with Crippen molar-refractivity contribution in [2.45, 2.75) is 25.2 Å². The quantitative estimate of drug-likeness (QED) is 0.620. The van der Waals surface area contributed by atoms with E-state index in [0.717, 1.165) is 6.42 Å². The molecule has 1 fully saturated rings. The first-order valence-corrected chi connectivity index (χ1v) is 11.1. The minimum Gasteiger partial charge on any atom is -0.305 e. The number of piperidine rings is 1. The number of sulfonamides is 1. The number of carbonyl (C=O) groups is 1. The van der Waals surface area contributed by atoms with E-state index >= 15 is 0 Å². The van der Waals surface area contributed by atoms with E-state index in [1.807, 2.05) is 0 Å². The Labute approximate surface area is 175 Å². The molecule has 2 unspecified atom stereocenters. The number of para-hydroxylation sites is 1. The Kier molecular flexibility index (Phi) is 6.61. The van der Waals surface area contributed by atoms with Crippen LogP contribution in [0.3, 0.4) is 0 Å². The molecule has 8 nitrogen and oxygen atoms in total. The van der Waals surface area contributed by atoms with Crippen molar-refractivity contribution in [1.82, 2.24) is 14.7 Å². The van der Waals surface area contributed by atoms with Gasteiger partial charge in [0.15, 0.2) is 0 Å². The highest BCUT2D eigenvalue weighted by Gasteiger charge is 2.31. The summed E-state index contributed by atoms with van der Waals surface area (Å²) in [7, 11) is -3.59. The van der Waals surface area contributed by atoms with Gasteiger partial charge in [0.25, 0.3) is 0 Å². The molecule has 2 heterocycles. The van der Waals surface area contributed by atoms with Crippen LogP contribution in [0, 0.1) is 11.8 Å². The fraction of sp³-hybridized carbons (Fsp3) is 0.368. The number of anilines is 2. The highest BCUT2D eigenvalue weighted by molar-refractivity contribution is 7.89. The summed E-state index contributed by atoms with van der Waals surface area (Å²) in [5.74, 6) is 0.949. The van der Waals surface area contributed by atoms with E-state index in [4.69, 9.17) is 11.6 Å². The Morgan fingerprint density at radius 1 is 1.14 bits per heavy atom. The van der Waals surface area contributed by atoms with Crippen LogP contribution in [-0.4, -0.2) is 36.8 Å². The molecule has 0 bridgehead atoms.